The van der Waals surface area contributed by atoms with Crippen LogP contribution in [0.3, 0.4) is 0 Å². The number of guanidine groups is 1. The molecular formula is C16H27F3N4O. The van der Waals surface area contributed by atoms with Crippen molar-refractivity contribution in [1.82, 2.24) is 15.5 Å². The van der Waals surface area contributed by atoms with Gasteiger partial charge in [0.1, 0.15) is 0 Å². The molecule has 0 spiro atoms. The van der Waals surface area contributed by atoms with Crippen LogP contribution in [0.4, 0.5) is 13.2 Å². The molecule has 1 unspecified atom stereocenters. The van der Waals surface area contributed by atoms with Crippen molar-refractivity contribution in [2.45, 2.75) is 57.2 Å². The molecule has 0 aromatic heterocycles. The zero-order chi connectivity index (χ0) is 17.6. The van der Waals surface area contributed by atoms with E-state index < -0.39 is 12.6 Å². The van der Waals surface area contributed by atoms with E-state index in [0.717, 1.165) is 32.1 Å². The van der Waals surface area contributed by atoms with E-state index >= 15 is 0 Å². The number of likely N-dealkylation sites (tertiary alicyclic amines) is 1. The average molecular weight is 348 g/mol. The molecule has 1 saturated heterocycles. The minimum atomic E-state index is -4.18. The van der Waals surface area contributed by atoms with Crippen LogP contribution in [-0.4, -0.2) is 55.7 Å². The van der Waals surface area contributed by atoms with Gasteiger partial charge in [-0.1, -0.05) is 19.3 Å². The summed E-state index contributed by atoms with van der Waals surface area (Å²) in [4.78, 5) is 18.4. The summed E-state index contributed by atoms with van der Waals surface area (Å²) < 4.78 is 36.6. The second-order valence-electron chi connectivity index (χ2n) is 6.61. The maximum Gasteiger partial charge on any atom is 0.390 e. The molecule has 2 rings (SSSR count). The van der Waals surface area contributed by atoms with Crippen molar-refractivity contribution < 1.29 is 18.0 Å². The zero-order valence-corrected chi connectivity index (χ0v) is 14.2. The number of rotatable bonds is 4. The summed E-state index contributed by atoms with van der Waals surface area (Å²) >= 11 is 0. The standard InChI is InChI=1S/C16H27F3N4O/c1-20-15(21-9-8-16(17,18)19)22-13-7-10-23(11-13)14(24)12-5-3-2-4-6-12/h12-13H,2-11H2,1H3,(H2,20,21,22). The highest BCUT2D eigenvalue weighted by Gasteiger charge is 2.32. The normalized spacial score (nSPS) is 23.4. The van der Waals surface area contributed by atoms with Gasteiger partial charge in [-0.2, -0.15) is 13.2 Å². The highest BCUT2D eigenvalue weighted by atomic mass is 19.4. The van der Waals surface area contributed by atoms with Gasteiger partial charge in [0.05, 0.1) is 6.42 Å². The molecule has 1 aliphatic carbocycles. The minimum Gasteiger partial charge on any atom is -0.356 e. The van der Waals surface area contributed by atoms with Crippen LogP contribution in [0.15, 0.2) is 4.99 Å². The molecule has 0 radical (unpaired) electrons. The number of amides is 1. The van der Waals surface area contributed by atoms with Crippen molar-refractivity contribution in [1.29, 1.82) is 0 Å². The molecule has 8 heteroatoms. The molecule has 1 heterocycles. The SMILES string of the molecule is CN=C(NCCC(F)(F)F)NC1CCN(C(=O)C2CCCCC2)C1. The molecule has 1 aliphatic heterocycles. The molecule has 1 atom stereocenters. The predicted octanol–water partition coefficient (Wildman–Crippen LogP) is 2.29. The first-order chi connectivity index (χ1) is 11.4. The second-order valence-corrected chi connectivity index (χ2v) is 6.61. The summed E-state index contributed by atoms with van der Waals surface area (Å²) in [7, 11) is 1.53. The summed E-state index contributed by atoms with van der Waals surface area (Å²) in [6.45, 7) is 1.09. The Labute approximate surface area is 141 Å². The largest absolute Gasteiger partial charge is 0.390 e. The topological polar surface area (TPSA) is 56.7 Å². The third-order valence-corrected chi connectivity index (χ3v) is 4.72. The average Bonchev–Trinajstić information content (AvgIpc) is 3.01. The van der Waals surface area contributed by atoms with Crippen LogP contribution in [0.5, 0.6) is 0 Å². The quantitative estimate of drug-likeness (QED) is 0.605. The van der Waals surface area contributed by atoms with Crippen molar-refractivity contribution in [3.63, 3.8) is 0 Å². The van der Waals surface area contributed by atoms with E-state index in [1.54, 1.807) is 0 Å². The summed E-state index contributed by atoms with van der Waals surface area (Å²) in [6.07, 6.45) is 1.14. The Balaban J connectivity index is 1.74. The van der Waals surface area contributed by atoms with Gasteiger partial charge in [-0.25, -0.2) is 0 Å². The first-order valence-electron chi connectivity index (χ1n) is 8.72. The Morgan fingerprint density at radius 2 is 1.92 bits per heavy atom. The lowest BCUT2D eigenvalue weighted by molar-refractivity contribution is -0.135. The highest BCUT2D eigenvalue weighted by Crippen LogP contribution is 2.26. The van der Waals surface area contributed by atoms with E-state index in [-0.39, 0.29) is 24.4 Å². The van der Waals surface area contributed by atoms with Crippen LogP contribution in [0.25, 0.3) is 0 Å². The third kappa shape index (κ3) is 5.87. The monoisotopic (exact) mass is 348 g/mol. The Kier molecular flexibility index (Phi) is 6.74. The molecule has 2 aliphatic rings. The molecule has 2 fully saturated rings. The van der Waals surface area contributed by atoms with E-state index in [1.807, 2.05) is 4.90 Å². The second kappa shape index (κ2) is 8.58. The molecule has 24 heavy (non-hydrogen) atoms. The number of carbonyl (C=O) groups is 1. The number of hydrogen-bond donors (Lipinski definition) is 2. The van der Waals surface area contributed by atoms with Crippen LogP contribution >= 0.6 is 0 Å². The molecule has 1 amide bonds. The first kappa shape index (κ1) is 18.9. The highest BCUT2D eigenvalue weighted by molar-refractivity contribution is 5.81. The maximum absolute atomic E-state index is 12.5. The molecular weight excluding hydrogens is 321 g/mol. The smallest absolute Gasteiger partial charge is 0.356 e. The van der Waals surface area contributed by atoms with Crippen molar-refractivity contribution in [3.8, 4) is 0 Å². The Hall–Kier alpha value is -1.47. The molecule has 5 nitrogen and oxygen atoms in total. The Morgan fingerprint density at radius 3 is 2.54 bits per heavy atom. The number of nitrogens with one attached hydrogen (secondary N) is 2. The van der Waals surface area contributed by atoms with Gasteiger partial charge in [0.15, 0.2) is 5.96 Å². The van der Waals surface area contributed by atoms with Gasteiger partial charge in [0.2, 0.25) is 5.91 Å². The van der Waals surface area contributed by atoms with Crippen LogP contribution < -0.4 is 10.6 Å². The summed E-state index contributed by atoms with van der Waals surface area (Å²) in [5.74, 6) is 0.747. The van der Waals surface area contributed by atoms with E-state index in [9.17, 15) is 18.0 Å². The fraction of sp³-hybridized carbons (Fsp3) is 0.875. The summed E-state index contributed by atoms with van der Waals surface area (Å²) in [6, 6.07) is 0.0367. The third-order valence-electron chi connectivity index (χ3n) is 4.72. The van der Waals surface area contributed by atoms with Gasteiger partial charge < -0.3 is 15.5 Å². The zero-order valence-electron chi connectivity index (χ0n) is 14.2. The van der Waals surface area contributed by atoms with Gasteiger partial charge in [0, 0.05) is 38.6 Å². The van der Waals surface area contributed by atoms with Gasteiger partial charge in [0.25, 0.3) is 0 Å². The van der Waals surface area contributed by atoms with Crippen LogP contribution in [0, 0.1) is 5.92 Å². The van der Waals surface area contributed by atoms with E-state index in [4.69, 9.17) is 0 Å². The van der Waals surface area contributed by atoms with Crippen LogP contribution in [0.1, 0.15) is 44.9 Å². The van der Waals surface area contributed by atoms with Gasteiger partial charge in [-0.05, 0) is 19.3 Å². The fourth-order valence-electron chi connectivity index (χ4n) is 3.40. The number of hydrogen-bond acceptors (Lipinski definition) is 2. The van der Waals surface area contributed by atoms with Gasteiger partial charge >= 0.3 is 6.18 Å². The maximum atomic E-state index is 12.5. The number of alkyl halides is 3. The van der Waals surface area contributed by atoms with E-state index in [0.29, 0.717) is 19.0 Å². The van der Waals surface area contributed by atoms with Crippen molar-refractivity contribution >= 4 is 11.9 Å². The lowest BCUT2D eigenvalue weighted by atomic mass is 9.88. The molecule has 1 saturated carbocycles. The molecule has 0 bridgehead atoms. The minimum absolute atomic E-state index is 0.0367. The molecule has 0 aromatic carbocycles. The Morgan fingerprint density at radius 1 is 1.21 bits per heavy atom. The summed E-state index contributed by atoms with van der Waals surface area (Å²) in [5, 5.41) is 5.79. The molecule has 0 aromatic rings. The van der Waals surface area contributed by atoms with Gasteiger partial charge in [-0.3, -0.25) is 9.79 Å². The lowest BCUT2D eigenvalue weighted by Crippen LogP contribution is -2.46. The predicted molar refractivity (Wildman–Crippen MR) is 86.7 cm³/mol. The van der Waals surface area contributed by atoms with Crippen molar-refractivity contribution in [2.24, 2.45) is 10.9 Å². The number of nitrogens with zero attached hydrogens (tertiary/aromatic N) is 2. The molecule has 138 valence electrons. The number of carbonyl (C=O) groups excluding carboxylic acids is 1. The van der Waals surface area contributed by atoms with Gasteiger partial charge in [-0.15, -0.1) is 0 Å². The fourth-order valence-corrected chi connectivity index (χ4v) is 3.40. The number of halogens is 3. The molecule has 2 N–H and O–H groups in total. The van der Waals surface area contributed by atoms with Crippen LogP contribution in [-0.2, 0) is 4.79 Å². The van der Waals surface area contributed by atoms with Crippen LogP contribution in [0.2, 0.25) is 0 Å². The van der Waals surface area contributed by atoms with E-state index in [2.05, 4.69) is 15.6 Å². The van der Waals surface area contributed by atoms with Crippen molar-refractivity contribution in [3.05, 3.63) is 0 Å². The van der Waals surface area contributed by atoms with Crippen molar-refractivity contribution in [2.75, 3.05) is 26.7 Å². The first-order valence-corrected chi connectivity index (χ1v) is 8.72. The number of aliphatic imine (C=N–C) groups is 1. The summed E-state index contributed by atoms with van der Waals surface area (Å²) in [5.41, 5.74) is 0. The lowest BCUT2D eigenvalue weighted by Gasteiger charge is -2.26. The Bertz CT molecular complexity index is 447. The van der Waals surface area contributed by atoms with E-state index in [1.165, 1.54) is 13.5 Å².